The number of ether oxygens (including phenoxy) is 2. The van der Waals surface area contributed by atoms with Crippen LogP contribution in [-0.4, -0.2) is 26.7 Å². The molecule has 0 aliphatic rings. The van der Waals surface area contributed by atoms with Crippen molar-refractivity contribution in [2.45, 2.75) is 6.42 Å². The maximum atomic E-state index is 11.8. The van der Waals surface area contributed by atoms with Crippen molar-refractivity contribution < 1.29 is 14.3 Å². The summed E-state index contributed by atoms with van der Waals surface area (Å²) in [5.74, 6) is 6.64. The molecule has 2 rings (SSSR count). The summed E-state index contributed by atoms with van der Waals surface area (Å²) in [6.45, 7) is 0.506. The van der Waals surface area contributed by atoms with Gasteiger partial charge in [0.25, 0.3) is 5.91 Å². The predicted molar refractivity (Wildman–Crippen MR) is 89.6 cm³/mol. The van der Waals surface area contributed by atoms with Crippen molar-refractivity contribution in [2.75, 3.05) is 20.8 Å². The Balaban J connectivity index is 1.87. The Kier molecular flexibility index (Phi) is 6.07. The fourth-order valence-corrected chi connectivity index (χ4v) is 2.09. The molecule has 0 atom stereocenters. The Morgan fingerprint density at radius 2 is 1.91 bits per heavy atom. The molecule has 0 saturated carbocycles. The minimum Gasteiger partial charge on any atom is -0.497 e. The molecule has 0 saturated heterocycles. The van der Waals surface area contributed by atoms with Crippen LogP contribution in [-0.2, 0) is 11.2 Å². The Bertz CT molecular complexity index is 729. The van der Waals surface area contributed by atoms with Gasteiger partial charge in [-0.15, -0.1) is 0 Å². The highest BCUT2D eigenvalue weighted by Crippen LogP contribution is 2.17. The van der Waals surface area contributed by atoms with Gasteiger partial charge in [-0.25, -0.2) is 0 Å². The zero-order valence-corrected chi connectivity index (χ0v) is 13.3. The van der Waals surface area contributed by atoms with Crippen molar-refractivity contribution in [3.63, 3.8) is 0 Å². The van der Waals surface area contributed by atoms with Crippen LogP contribution in [0.4, 0.5) is 0 Å². The Morgan fingerprint density at radius 3 is 2.70 bits per heavy atom. The lowest BCUT2D eigenvalue weighted by Crippen LogP contribution is -2.24. The molecule has 0 spiro atoms. The van der Waals surface area contributed by atoms with Crippen molar-refractivity contribution in [1.82, 2.24) is 5.32 Å². The van der Waals surface area contributed by atoms with Crippen LogP contribution in [0.25, 0.3) is 0 Å². The number of benzene rings is 2. The Morgan fingerprint density at radius 1 is 1.09 bits per heavy atom. The van der Waals surface area contributed by atoms with Crippen LogP contribution >= 0.6 is 0 Å². The van der Waals surface area contributed by atoms with Crippen LogP contribution in [0.5, 0.6) is 11.5 Å². The number of methoxy groups -OCH3 is 2. The summed E-state index contributed by atoms with van der Waals surface area (Å²) < 4.78 is 10.4. The van der Waals surface area contributed by atoms with Crippen LogP contribution in [0.3, 0.4) is 0 Å². The van der Waals surface area contributed by atoms with Gasteiger partial charge in [0.05, 0.1) is 14.2 Å². The molecule has 118 valence electrons. The zero-order chi connectivity index (χ0) is 16.5. The summed E-state index contributed by atoms with van der Waals surface area (Å²) in [6, 6.07) is 15.0. The van der Waals surface area contributed by atoms with Crippen molar-refractivity contribution >= 4 is 5.91 Å². The van der Waals surface area contributed by atoms with E-state index in [-0.39, 0.29) is 5.91 Å². The van der Waals surface area contributed by atoms with Gasteiger partial charge >= 0.3 is 0 Å². The summed E-state index contributed by atoms with van der Waals surface area (Å²) in [5, 5.41) is 2.78. The van der Waals surface area contributed by atoms with Gasteiger partial charge < -0.3 is 14.8 Å². The van der Waals surface area contributed by atoms with Crippen LogP contribution in [0, 0.1) is 11.8 Å². The second kappa shape index (κ2) is 8.50. The van der Waals surface area contributed by atoms with E-state index in [0.29, 0.717) is 18.7 Å². The SMILES string of the molecule is COc1cccc(C#CC(=O)NCCc2ccccc2OC)c1. The normalized spacial score (nSPS) is 9.48. The molecule has 4 heteroatoms. The van der Waals surface area contributed by atoms with Crippen LogP contribution in [0.2, 0.25) is 0 Å². The van der Waals surface area contributed by atoms with E-state index >= 15 is 0 Å². The number of rotatable bonds is 5. The highest BCUT2D eigenvalue weighted by Gasteiger charge is 2.02. The molecule has 0 aromatic heterocycles. The molecule has 2 aromatic rings. The summed E-state index contributed by atoms with van der Waals surface area (Å²) >= 11 is 0. The largest absolute Gasteiger partial charge is 0.497 e. The molecule has 1 N–H and O–H groups in total. The third-order valence-electron chi connectivity index (χ3n) is 3.26. The molecule has 0 heterocycles. The molecule has 0 fully saturated rings. The van der Waals surface area contributed by atoms with Gasteiger partial charge in [-0.2, -0.15) is 0 Å². The van der Waals surface area contributed by atoms with Crippen molar-refractivity contribution in [3.8, 4) is 23.3 Å². The lowest BCUT2D eigenvalue weighted by atomic mass is 10.1. The van der Waals surface area contributed by atoms with Gasteiger partial charge in [0.15, 0.2) is 0 Å². The molecule has 0 aliphatic carbocycles. The topological polar surface area (TPSA) is 47.6 Å². The van der Waals surface area contributed by atoms with E-state index in [1.165, 1.54) is 0 Å². The first-order valence-electron chi connectivity index (χ1n) is 7.28. The lowest BCUT2D eigenvalue weighted by Gasteiger charge is -2.07. The zero-order valence-electron chi connectivity index (χ0n) is 13.3. The lowest BCUT2D eigenvalue weighted by molar-refractivity contribution is -0.115. The number of hydrogen-bond acceptors (Lipinski definition) is 3. The maximum absolute atomic E-state index is 11.8. The summed E-state index contributed by atoms with van der Waals surface area (Å²) in [6.07, 6.45) is 0.691. The van der Waals surface area contributed by atoms with Gasteiger partial charge in [0, 0.05) is 18.0 Å². The van der Waals surface area contributed by atoms with E-state index in [1.807, 2.05) is 42.5 Å². The third kappa shape index (κ3) is 5.08. The first-order valence-corrected chi connectivity index (χ1v) is 7.28. The van der Waals surface area contributed by atoms with Crippen molar-refractivity contribution in [2.24, 2.45) is 0 Å². The number of nitrogens with one attached hydrogen (secondary N) is 1. The van der Waals surface area contributed by atoms with Crippen molar-refractivity contribution in [3.05, 3.63) is 59.7 Å². The summed E-state index contributed by atoms with van der Waals surface area (Å²) in [5.41, 5.74) is 1.79. The standard InChI is InChI=1S/C19H19NO3/c1-22-17-8-5-6-15(14-17)10-11-19(21)20-13-12-16-7-3-4-9-18(16)23-2/h3-9,14H,12-13H2,1-2H3,(H,20,21). The molecular formula is C19H19NO3. The number of carbonyl (C=O) groups is 1. The van der Waals surface area contributed by atoms with Crippen molar-refractivity contribution in [1.29, 1.82) is 0 Å². The third-order valence-corrected chi connectivity index (χ3v) is 3.26. The molecule has 0 bridgehead atoms. The fraction of sp³-hybridized carbons (Fsp3) is 0.211. The molecule has 1 amide bonds. The minimum absolute atomic E-state index is 0.303. The number of amides is 1. The average Bonchev–Trinajstić information content (AvgIpc) is 2.60. The highest BCUT2D eigenvalue weighted by atomic mass is 16.5. The summed E-state index contributed by atoms with van der Waals surface area (Å²) in [4.78, 5) is 11.8. The number of para-hydroxylation sites is 1. The van der Waals surface area contributed by atoms with Crippen LogP contribution in [0.1, 0.15) is 11.1 Å². The van der Waals surface area contributed by atoms with E-state index in [9.17, 15) is 4.79 Å². The quantitative estimate of drug-likeness (QED) is 0.863. The molecule has 0 aliphatic heterocycles. The van der Waals surface area contributed by atoms with Gasteiger partial charge in [-0.3, -0.25) is 4.79 Å². The van der Waals surface area contributed by atoms with E-state index in [1.54, 1.807) is 20.3 Å². The van der Waals surface area contributed by atoms with Gasteiger partial charge in [0.2, 0.25) is 0 Å². The van der Waals surface area contributed by atoms with E-state index in [2.05, 4.69) is 17.2 Å². The van der Waals surface area contributed by atoms with Crippen LogP contribution in [0.15, 0.2) is 48.5 Å². The fourth-order valence-electron chi connectivity index (χ4n) is 2.09. The maximum Gasteiger partial charge on any atom is 0.296 e. The predicted octanol–water partition coefficient (Wildman–Crippen LogP) is 2.41. The summed E-state index contributed by atoms with van der Waals surface area (Å²) in [7, 11) is 3.23. The second-order valence-corrected chi connectivity index (χ2v) is 4.80. The Hall–Kier alpha value is -2.93. The first-order chi connectivity index (χ1) is 11.2. The average molecular weight is 309 g/mol. The second-order valence-electron chi connectivity index (χ2n) is 4.80. The molecule has 4 nitrogen and oxygen atoms in total. The smallest absolute Gasteiger partial charge is 0.296 e. The number of carbonyl (C=O) groups excluding carboxylic acids is 1. The first kappa shape index (κ1) is 16.4. The monoisotopic (exact) mass is 309 g/mol. The minimum atomic E-state index is -0.303. The molecule has 23 heavy (non-hydrogen) atoms. The van der Waals surface area contributed by atoms with E-state index < -0.39 is 0 Å². The Labute approximate surface area is 136 Å². The van der Waals surface area contributed by atoms with Crippen LogP contribution < -0.4 is 14.8 Å². The molecule has 2 aromatic carbocycles. The van der Waals surface area contributed by atoms with Gasteiger partial charge in [0.1, 0.15) is 11.5 Å². The number of hydrogen-bond donors (Lipinski definition) is 1. The highest BCUT2D eigenvalue weighted by molar-refractivity contribution is 5.94. The van der Waals surface area contributed by atoms with Gasteiger partial charge in [-0.1, -0.05) is 30.2 Å². The molecular weight excluding hydrogens is 290 g/mol. The van der Waals surface area contributed by atoms with Gasteiger partial charge in [-0.05, 0) is 36.2 Å². The van der Waals surface area contributed by atoms with E-state index in [0.717, 1.165) is 16.9 Å². The molecule has 0 radical (unpaired) electrons. The molecule has 0 unspecified atom stereocenters. The van der Waals surface area contributed by atoms with E-state index in [4.69, 9.17) is 9.47 Å².